The molecule has 0 radical (unpaired) electrons. The molecule has 1 unspecified atom stereocenters. The molecule has 0 spiro atoms. The van der Waals surface area contributed by atoms with Crippen LogP contribution in [0.4, 0.5) is 11.4 Å². The number of fused-ring (bicyclic) bond motifs is 2. The molecule has 1 atom stereocenters. The molecule has 2 heterocycles. The van der Waals surface area contributed by atoms with Crippen molar-refractivity contribution >= 4 is 57.5 Å². The van der Waals surface area contributed by atoms with E-state index in [1.165, 1.54) is 16.3 Å². The Kier molecular flexibility index (Phi) is 7.02. The number of para-hydroxylation sites is 2. The summed E-state index contributed by atoms with van der Waals surface area (Å²) in [4.78, 5) is 44.9. The van der Waals surface area contributed by atoms with E-state index < -0.39 is 0 Å². The third kappa shape index (κ3) is 4.90. The van der Waals surface area contributed by atoms with Gasteiger partial charge in [-0.1, -0.05) is 35.5 Å². The predicted molar refractivity (Wildman–Crippen MR) is 130 cm³/mol. The van der Waals surface area contributed by atoms with Gasteiger partial charge < -0.3 is 15.0 Å². The van der Waals surface area contributed by atoms with Gasteiger partial charge in [-0.05, 0) is 37.3 Å². The first kappa shape index (κ1) is 23.3. The Morgan fingerprint density at radius 2 is 2.06 bits per heavy atom. The average Bonchev–Trinajstić information content (AvgIpc) is 2.91. The minimum atomic E-state index is -0.319. The van der Waals surface area contributed by atoms with Crippen molar-refractivity contribution in [2.24, 2.45) is 0 Å². The summed E-state index contributed by atoms with van der Waals surface area (Å²) in [5, 5.41) is 4.19. The van der Waals surface area contributed by atoms with Gasteiger partial charge >= 0.3 is 0 Å². The summed E-state index contributed by atoms with van der Waals surface area (Å²) in [6.45, 7) is 2.47. The van der Waals surface area contributed by atoms with E-state index in [1.807, 2.05) is 25.1 Å². The fourth-order valence-electron chi connectivity index (χ4n) is 3.83. The van der Waals surface area contributed by atoms with Crippen molar-refractivity contribution < 1.29 is 14.3 Å². The van der Waals surface area contributed by atoms with Gasteiger partial charge in [0.1, 0.15) is 0 Å². The second kappa shape index (κ2) is 9.94. The maximum atomic E-state index is 13.3. The molecule has 0 saturated heterocycles. The lowest BCUT2D eigenvalue weighted by Gasteiger charge is -2.27. The highest BCUT2D eigenvalue weighted by Gasteiger charge is 2.29. The Balaban J connectivity index is 1.66. The zero-order valence-electron chi connectivity index (χ0n) is 18.2. The van der Waals surface area contributed by atoms with E-state index in [-0.39, 0.29) is 35.6 Å². The van der Waals surface area contributed by atoms with Crippen molar-refractivity contribution in [1.82, 2.24) is 9.55 Å². The Morgan fingerprint density at radius 3 is 2.85 bits per heavy atom. The van der Waals surface area contributed by atoms with Gasteiger partial charge in [0, 0.05) is 24.6 Å². The lowest BCUT2D eigenvalue weighted by atomic mass is 10.2. The zero-order chi connectivity index (χ0) is 23.5. The van der Waals surface area contributed by atoms with Gasteiger partial charge in [0.2, 0.25) is 11.8 Å². The van der Waals surface area contributed by atoms with Crippen molar-refractivity contribution in [1.29, 1.82) is 0 Å². The highest BCUT2D eigenvalue weighted by Crippen LogP contribution is 2.32. The van der Waals surface area contributed by atoms with Crippen LogP contribution in [0.1, 0.15) is 13.3 Å². The number of aromatic nitrogens is 2. The third-order valence-electron chi connectivity index (χ3n) is 5.35. The van der Waals surface area contributed by atoms with Crippen molar-refractivity contribution in [3.8, 4) is 0 Å². The Bertz CT molecular complexity index is 1280. The number of hydrogen-bond donors (Lipinski definition) is 1. The lowest BCUT2D eigenvalue weighted by Crippen LogP contribution is -2.40. The van der Waals surface area contributed by atoms with Crippen LogP contribution in [0.2, 0.25) is 5.02 Å². The van der Waals surface area contributed by atoms with Crippen LogP contribution < -0.4 is 15.8 Å². The van der Waals surface area contributed by atoms with Crippen molar-refractivity contribution in [2.75, 3.05) is 29.7 Å². The van der Waals surface area contributed by atoms with Crippen molar-refractivity contribution in [3.63, 3.8) is 0 Å². The number of carbonyl (C=O) groups is 2. The van der Waals surface area contributed by atoms with Gasteiger partial charge in [-0.15, -0.1) is 0 Å². The Morgan fingerprint density at radius 1 is 1.27 bits per heavy atom. The summed E-state index contributed by atoms with van der Waals surface area (Å²) in [5.41, 5.74) is 1.50. The molecular weight excluding hydrogens is 464 g/mol. The van der Waals surface area contributed by atoms with E-state index in [2.05, 4.69) is 10.3 Å². The van der Waals surface area contributed by atoms with E-state index in [0.29, 0.717) is 45.6 Å². The minimum Gasteiger partial charge on any atom is -0.383 e. The second-order valence-corrected chi connectivity index (χ2v) is 9.06. The van der Waals surface area contributed by atoms with E-state index in [4.69, 9.17) is 16.3 Å². The van der Waals surface area contributed by atoms with Crippen LogP contribution in [-0.4, -0.2) is 46.9 Å². The van der Waals surface area contributed by atoms with E-state index in [9.17, 15) is 14.4 Å². The molecule has 3 aromatic rings. The summed E-state index contributed by atoms with van der Waals surface area (Å²) in [6.07, 6.45) is 0.191. The highest BCUT2D eigenvalue weighted by molar-refractivity contribution is 7.99. The van der Waals surface area contributed by atoms with Crippen LogP contribution in [0.15, 0.2) is 52.4 Å². The van der Waals surface area contributed by atoms with Crippen LogP contribution in [0.25, 0.3) is 10.9 Å². The molecule has 33 heavy (non-hydrogen) atoms. The van der Waals surface area contributed by atoms with Gasteiger partial charge in [0.15, 0.2) is 5.16 Å². The molecule has 10 heteroatoms. The number of amides is 2. The molecule has 1 aliphatic heterocycles. The summed E-state index contributed by atoms with van der Waals surface area (Å²) in [5.74, 6) is -0.284. The summed E-state index contributed by atoms with van der Waals surface area (Å²) >= 11 is 7.27. The molecule has 172 valence electrons. The van der Waals surface area contributed by atoms with Crippen molar-refractivity contribution in [2.45, 2.75) is 31.1 Å². The number of ether oxygens (including phenoxy) is 1. The van der Waals surface area contributed by atoms with Crippen molar-refractivity contribution in [3.05, 3.63) is 57.8 Å². The molecule has 4 rings (SSSR count). The quantitative estimate of drug-likeness (QED) is 0.423. The predicted octanol–water partition coefficient (Wildman–Crippen LogP) is 3.55. The maximum Gasteiger partial charge on any atom is 0.262 e. The van der Waals surface area contributed by atoms with Crippen LogP contribution in [0.3, 0.4) is 0 Å². The SMILES string of the molecule is COCCn1c(SCC(=O)N2c3ccccc3NC(=O)CC2C)nc2cc(Cl)ccc2c1=O. The van der Waals surface area contributed by atoms with E-state index >= 15 is 0 Å². The molecule has 0 fully saturated rings. The normalized spacial score (nSPS) is 15.8. The number of hydrogen-bond acceptors (Lipinski definition) is 6. The van der Waals surface area contributed by atoms with Gasteiger partial charge in [-0.2, -0.15) is 0 Å². The molecular formula is C23H23ClN4O4S. The van der Waals surface area contributed by atoms with E-state index in [0.717, 1.165) is 0 Å². The lowest BCUT2D eigenvalue weighted by molar-refractivity contribution is -0.117. The van der Waals surface area contributed by atoms with Crippen LogP contribution in [0.5, 0.6) is 0 Å². The molecule has 0 saturated carbocycles. The first-order chi connectivity index (χ1) is 15.9. The van der Waals surface area contributed by atoms with Gasteiger partial charge in [0.05, 0.1) is 41.2 Å². The summed E-state index contributed by atoms with van der Waals surface area (Å²) in [7, 11) is 1.56. The molecule has 2 aromatic carbocycles. The van der Waals surface area contributed by atoms with Gasteiger partial charge in [0.25, 0.3) is 5.56 Å². The number of thioether (sulfide) groups is 1. The number of nitrogens with one attached hydrogen (secondary N) is 1. The first-order valence-corrected chi connectivity index (χ1v) is 11.8. The van der Waals surface area contributed by atoms with Crippen LogP contribution in [0, 0.1) is 0 Å². The molecule has 1 aromatic heterocycles. The van der Waals surface area contributed by atoms with Gasteiger partial charge in [-0.3, -0.25) is 19.0 Å². The van der Waals surface area contributed by atoms with Crippen LogP contribution in [-0.2, 0) is 20.9 Å². The highest BCUT2D eigenvalue weighted by atomic mass is 35.5. The first-order valence-electron chi connectivity index (χ1n) is 10.4. The smallest absolute Gasteiger partial charge is 0.262 e. The fourth-order valence-corrected chi connectivity index (χ4v) is 4.88. The molecule has 1 N–H and O–H groups in total. The van der Waals surface area contributed by atoms with Gasteiger partial charge in [-0.25, -0.2) is 4.98 Å². The minimum absolute atomic E-state index is 0.0400. The second-order valence-electron chi connectivity index (χ2n) is 7.68. The number of carbonyl (C=O) groups excluding carboxylic acids is 2. The number of rotatable bonds is 6. The molecule has 8 nitrogen and oxygen atoms in total. The molecule has 0 bridgehead atoms. The number of anilines is 2. The summed E-state index contributed by atoms with van der Waals surface area (Å²) in [6, 6.07) is 11.8. The Labute approximate surface area is 199 Å². The summed E-state index contributed by atoms with van der Waals surface area (Å²) < 4.78 is 6.67. The zero-order valence-corrected chi connectivity index (χ0v) is 19.8. The van der Waals surface area contributed by atoms with E-state index in [1.54, 1.807) is 36.3 Å². The average molecular weight is 487 g/mol. The number of methoxy groups -OCH3 is 1. The Hall–Kier alpha value is -2.88. The van der Waals surface area contributed by atoms with Crippen LogP contribution >= 0.6 is 23.4 Å². The molecule has 0 aliphatic carbocycles. The number of halogens is 1. The molecule has 2 amide bonds. The maximum absolute atomic E-state index is 13.3. The third-order valence-corrected chi connectivity index (χ3v) is 6.55. The monoisotopic (exact) mass is 486 g/mol. The largest absolute Gasteiger partial charge is 0.383 e. The number of nitrogens with zero attached hydrogens (tertiary/aromatic N) is 3. The number of benzene rings is 2. The standard InChI is InChI=1S/C23H23ClN4O4S/c1-14-11-20(29)25-17-5-3-4-6-19(17)28(14)21(30)13-33-23-26-18-12-15(24)7-8-16(18)22(31)27(23)9-10-32-2/h3-8,12,14H,9-11,13H2,1-2H3,(H,25,29). The topological polar surface area (TPSA) is 93.5 Å². The molecule has 1 aliphatic rings. The fraction of sp³-hybridized carbons (Fsp3) is 0.304.